The molecule has 0 radical (unpaired) electrons. The van der Waals surface area contributed by atoms with Gasteiger partial charge in [-0.1, -0.05) is 0 Å². The van der Waals surface area contributed by atoms with Gasteiger partial charge in [0.25, 0.3) is 0 Å². The highest BCUT2D eigenvalue weighted by molar-refractivity contribution is 5.59. The zero-order valence-electron chi connectivity index (χ0n) is 14.9. The second-order valence-electron chi connectivity index (χ2n) is 6.19. The first-order chi connectivity index (χ1) is 12.6. The van der Waals surface area contributed by atoms with Crippen molar-refractivity contribution < 1.29 is 4.39 Å². The molecule has 3 rings (SSSR count). The molecule has 5 nitrogen and oxygen atoms in total. The van der Waals surface area contributed by atoms with Gasteiger partial charge in [-0.05, 0) is 60.9 Å². The van der Waals surface area contributed by atoms with Gasteiger partial charge in [0.2, 0.25) is 0 Å². The number of hydrogen-bond acceptors (Lipinski definition) is 4. The topological polar surface area (TPSA) is 57.7 Å². The zero-order chi connectivity index (χ0) is 18.5. The van der Waals surface area contributed by atoms with Crippen LogP contribution in [-0.4, -0.2) is 28.4 Å². The number of rotatable bonds is 6. The average molecular weight is 349 g/mol. The quantitative estimate of drug-likeness (QED) is 0.683. The van der Waals surface area contributed by atoms with Crippen LogP contribution in [0.15, 0.2) is 48.7 Å². The summed E-state index contributed by atoms with van der Waals surface area (Å²) in [6.45, 7) is 0.835. The summed E-state index contributed by atoms with van der Waals surface area (Å²) in [5.41, 5.74) is 3.49. The lowest BCUT2D eigenvalue weighted by atomic mass is 10.1. The number of nitriles is 1. The van der Waals surface area contributed by atoms with Crippen molar-refractivity contribution in [2.75, 3.05) is 18.5 Å². The molecule has 0 fully saturated rings. The number of halogens is 1. The predicted molar refractivity (Wildman–Crippen MR) is 99.1 cm³/mol. The zero-order valence-corrected chi connectivity index (χ0v) is 14.9. The van der Waals surface area contributed by atoms with Crippen molar-refractivity contribution in [3.63, 3.8) is 0 Å². The third-order valence-electron chi connectivity index (χ3n) is 4.26. The normalized spacial score (nSPS) is 10.5. The molecule has 0 bridgehead atoms. The second-order valence-corrected chi connectivity index (χ2v) is 6.19. The van der Waals surface area contributed by atoms with Crippen molar-refractivity contribution >= 4 is 5.82 Å². The van der Waals surface area contributed by atoms with Gasteiger partial charge in [0, 0.05) is 26.8 Å². The largest absolute Gasteiger partial charge is 0.360 e. The molecule has 0 saturated heterocycles. The number of aryl methyl sites for hydroxylation is 2. The molecule has 26 heavy (non-hydrogen) atoms. The molecule has 0 amide bonds. The van der Waals surface area contributed by atoms with E-state index in [4.69, 9.17) is 5.26 Å². The first-order valence-electron chi connectivity index (χ1n) is 8.43. The predicted octanol–water partition coefficient (Wildman–Crippen LogP) is 3.56. The van der Waals surface area contributed by atoms with E-state index < -0.39 is 0 Å². The molecule has 2 heterocycles. The van der Waals surface area contributed by atoms with Crippen LogP contribution in [0.3, 0.4) is 0 Å². The van der Waals surface area contributed by atoms with Crippen molar-refractivity contribution in [3.8, 4) is 17.3 Å². The van der Waals surface area contributed by atoms with Crippen LogP contribution in [0.25, 0.3) is 11.3 Å². The van der Waals surface area contributed by atoms with Crippen molar-refractivity contribution in [2.24, 2.45) is 7.05 Å². The Bertz CT molecular complexity index is 907. The van der Waals surface area contributed by atoms with Crippen molar-refractivity contribution in [1.82, 2.24) is 14.8 Å². The molecule has 3 aromatic rings. The van der Waals surface area contributed by atoms with Gasteiger partial charge < -0.3 is 4.90 Å². The van der Waals surface area contributed by atoms with Gasteiger partial charge in [-0.15, -0.1) is 0 Å². The summed E-state index contributed by atoms with van der Waals surface area (Å²) in [5, 5.41) is 13.4. The van der Waals surface area contributed by atoms with E-state index in [0.717, 1.165) is 42.2 Å². The van der Waals surface area contributed by atoms with Crippen LogP contribution in [0.1, 0.15) is 17.7 Å². The smallest absolute Gasteiger partial charge is 0.128 e. The maximum absolute atomic E-state index is 13.1. The lowest BCUT2D eigenvalue weighted by molar-refractivity contribution is 0.628. The van der Waals surface area contributed by atoms with Crippen LogP contribution in [0.5, 0.6) is 0 Å². The number of benzene rings is 1. The van der Waals surface area contributed by atoms with Crippen LogP contribution in [0.2, 0.25) is 0 Å². The minimum Gasteiger partial charge on any atom is -0.360 e. The van der Waals surface area contributed by atoms with Gasteiger partial charge in [-0.25, -0.2) is 9.37 Å². The maximum Gasteiger partial charge on any atom is 0.128 e. The molecule has 0 N–H and O–H groups in total. The molecule has 0 atom stereocenters. The first-order valence-corrected chi connectivity index (χ1v) is 8.43. The Morgan fingerprint density at radius 3 is 2.62 bits per heavy atom. The number of hydrogen-bond donors (Lipinski definition) is 0. The van der Waals surface area contributed by atoms with Crippen molar-refractivity contribution in [1.29, 1.82) is 5.26 Å². The highest BCUT2D eigenvalue weighted by atomic mass is 19.1. The lowest BCUT2D eigenvalue weighted by Gasteiger charge is -2.17. The van der Waals surface area contributed by atoms with Gasteiger partial charge in [-0.3, -0.25) is 4.68 Å². The second kappa shape index (κ2) is 7.79. The molecular weight excluding hydrogens is 329 g/mol. The highest BCUT2D eigenvalue weighted by Gasteiger charge is 2.09. The van der Waals surface area contributed by atoms with E-state index in [-0.39, 0.29) is 5.82 Å². The maximum atomic E-state index is 13.1. The van der Waals surface area contributed by atoms with E-state index in [0.29, 0.717) is 5.56 Å². The summed E-state index contributed by atoms with van der Waals surface area (Å²) in [4.78, 5) is 6.35. The Morgan fingerprint density at radius 1 is 1.19 bits per heavy atom. The average Bonchev–Trinajstić information content (AvgIpc) is 3.03. The summed E-state index contributed by atoms with van der Waals surface area (Å²) in [6, 6.07) is 14.2. The van der Waals surface area contributed by atoms with Crippen LogP contribution >= 0.6 is 0 Å². The molecule has 0 unspecified atom stereocenters. The van der Waals surface area contributed by atoms with Crippen LogP contribution in [0.4, 0.5) is 10.2 Å². The molecule has 0 spiro atoms. The van der Waals surface area contributed by atoms with E-state index in [9.17, 15) is 4.39 Å². The fourth-order valence-corrected chi connectivity index (χ4v) is 2.83. The van der Waals surface area contributed by atoms with E-state index >= 15 is 0 Å². The molecule has 1 aromatic carbocycles. The van der Waals surface area contributed by atoms with Gasteiger partial charge in [-0.2, -0.15) is 10.4 Å². The number of nitrogens with zero attached hydrogens (tertiary/aromatic N) is 5. The third-order valence-corrected chi connectivity index (χ3v) is 4.26. The van der Waals surface area contributed by atoms with E-state index in [2.05, 4.69) is 21.1 Å². The fraction of sp³-hybridized carbons (Fsp3) is 0.250. The summed E-state index contributed by atoms with van der Waals surface area (Å²) in [5.74, 6) is 0.604. The van der Waals surface area contributed by atoms with Crippen LogP contribution in [0, 0.1) is 17.1 Å². The van der Waals surface area contributed by atoms with E-state index in [1.807, 2.05) is 30.9 Å². The van der Waals surface area contributed by atoms with Crippen LogP contribution < -0.4 is 4.90 Å². The summed E-state index contributed by atoms with van der Waals surface area (Å²) < 4.78 is 14.9. The third kappa shape index (κ3) is 4.06. The number of anilines is 1. The van der Waals surface area contributed by atoms with Gasteiger partial charge in [0.05, 0.1) is 17.0 Å². The highest BCUT2D eigenvalue weighted by Crippen LogP contribution is 2.21. The minimum absolute atomic E-state index is 0.240. The fourth-order valence-electron chi connectivity index (χ4n) is 2.83. The van der Waals surface area contributed by atoms with Gasteiger partial charge in [0.15, 0.2) is 0 Å². The molecule has 0 aliphatic heterocycles. The number of aromatic nitrogens is 3. The first kappa shape index (κ1) is 17.6. The Balaban J connectivity index is 1.59. The SMILES string of the molecule is CN(CCCc1cc(-c2ccc(F)cc2)n(C)n1)c1ccc(C#N)cn1. The minimum atomic E-state index is -0.240. The Labute approximate surface area is 152 Å². The Morgan fingerprint density at radius 2 is 1.96 bits per heavy atom. The lowest BCUT2D eigenvalue weighted by Crippen LogP contribution is -2.20. The van der Waals surface area contributed by atoms with Gasteiger partial charge in [0.1, 0.15) is 17.7 Å². The van der Waals surface area contributed by atoms with E-state index in [1.165, 1.54) is 12.1 Å². The van der Waals surface area contributed by atoms with Crippen molar-refractivity contribution in [3.05, 3.63) is 65.7 Å². The molecule has 2 aromatic heterocycles. The summed E-state index contributed by atoms with van der Waals surface area (Å²) >= 11 is 0. The number of pyridine rings is 1. The van der Waals surface area contributed by atoms with Gasteiger partial charge >= 0.3 is 0 Å². The van der Waals surface area contributed by atoms with Crippen LogP contribution in [-0.2, 0) is 13.5 Å². The molecule has 132 valence electrons. The summed E-state index contributed by atoms with van der Waals surface area (Å²) in [6.07, 6.45) is 3.35. The Hall–Kier alpha value is -3.20. The molecule has 6 heteroatoms. The molecule has 0 aliphatic rings. The Kier molecular flexibility index (Phi) is 5.28. The summed E-state index contributed by atoms with van der Waals surface area (Å²) in [7, 11) is 3.88. The monoisotopic (exact) mass is 349 g/mol. The molecule has 0 saturated carbocycles. The molecule has 0 aliphatic carbocycles. The molecular formula is C20H20FN5. The standard InChI is InChI=1S/C20H20FN5/c1-25(20-10-5-15(13-22)14-23-20)11-3-4-18-12-19(26(2)24-18)16-6-8-17(21)9-7-16/h5-10,12,14H,3-4,11H2,1-2H3. The van der Waals surface area contributed by atoms with Crippen molar-refractivity contribution in [2.45, 2.75) is 12.8 Å². The van der Waals surface area contributed by atoms with E-state index in [1.54, 1.807) is 24.4 Å².